The van der Waals surface area contributed by atoms with Gasteiger partial charge in [-0.3, -0.25) is 0 Å². The predicted molar refractivity (Wildman–Crippen MR) is 49.8 cm³/mol. The molecule has 9 heteroatoms. The molecule has 5 nitrogen and oxygen atoms in total. The zero-order valence-electron chi connectivity index (χ0n) is 8.58. The third-order valence-corrected chi connectivity index (χ3v) is 3.84. The lowest BCUT2D eigenvalue weighted by Crippen LogP contribution is -2.65. The minimum Gasteiger partial charge on any atom is -0.387 e. The van der Waals surface area contributed by atoms with E-state index in [2.05, 4.69) is 0 Å². The van der Waals surface area contributed by atoms with Crippen LogP contribution in [0.4, 0.5) is 13.2 Å². The highest BCUT2D eigenvalue weighted by Gasteiger charge is 2.46. The minimum absolute atomic E-state index is 0.170. The van der Waals surface area contributed by atoms with Gasteiger partial charge in [0.1, 0.15) is 6.54 Å². The molecule has 1 aliphatic heterocycles. The summed E-state index contributed by atoms with van der Waals surface area (Å²) in [6, 6.07) is 0. The number of alkyl halides is 3. The van der Waals surface area contributed by atoms with E-state index in [1.165, 1.54) is 4.72 Å². The van der Waals surface area contributed by atoms with Gasteiger partial charge in [0, 0.05) is 13.1 Å². The molecule has 1 aliphatic rings. The fraction of sp³-hybridized carbons (Fsp3) is 1.00. The highest BCUT2D eigenvalue weighted by molar-refractivity contribution is 7.87. The monoisotopic (exact) mass is 262 g/mol. The third kappa shape index (κ3) is 3.30. The van der Waals surface area contributed by atoms with Gasteiger partial charge in [0.2, 0.25) is 0 Å². The first-order valence-electron chi connectivity index (χ1n) is 4.62. The molecular weight excluding hydrogens is 249 g/mol. The Balaban J connectivity index is 2.49. The van der Waals surface area contributed by atoms with E-state index in [4.69, 9.17) is 0 Å². The number of aliphatic hydroxyl groups is 1. The van der Waals surface area contributed by atoms with Gasteiger partial charge in [-0.1, -0.05) is 6.92 Å². The molecule has 0 aliphatic carbocycles. The Labute approximate surface area is 91.4 Å². The van der Waals surface area contributed by atoms with Gasteiger partial charge in [-0.25, -0.2) is 0 Å². The summed E-state index contributed by atoms with van der Waals surface area (Å²) < 4.78 is 60.1. The quantitative estimate of drug-likeness (QED) is 0.739. The van der Waals surface area contributed by atoms with Crippen LogP contribution in [0.3, 0.4) is 0 Å². The molecule has 0 aromatic rings. The van der Waals surface area contributed by atoms with Crippen LogP contribution in [0.15, 0.2) is 0 Å². The van der Waals surface area contributed by atoms with Crippen LogP contribution in [0.25, 0.3) is 0 Å². The van der Waals surface area contributed by atoms with E-state index in [-0.39, 0.29) is 13.1 Å². The first-order valence-corrected chi connectivity index (χ1v) is 6.06. The first-order chi connectivity index (χ1) is 7.08. The van der Waals surface area contributed by atoms with E-state index in [1.54, 1.807) is 6.92 Å². The van der Waals surface area contributed by atoms with Gasteiger partial charge < -0.3 is 5.11 Å². The summed E-state index contributed by atoms with van der Waals surface area (Å²) in [5.41, 5.74) is -1.10. The Hall–Kier alpha value is -0.380. The van der Waals surface area contributed by atoms with Crippen LogP contribution in [-0.4, -0.2) is 49.2 Å². The molecule has 0 radical (unpaired) electrons. The molecule has 0 amide bonds. The molecule has 1 heterocycles. The highest BCUT2D eigenvalue weighted by atomic mass is 32.2. The molecule has 0 saturated carbocycles. The lowest BCUT2D eigenvalue weighted by molar-refractivity contribution is -0.122. The van der Waals surface area contributed by atoms with Crippen LogP contribution in [-0.2, 0) is 10.2 Å². The molecular formula is C7H13F3N2O3S. The molecule has 0 aromatic carbocycles. The van der Waals surface area contributed by atoms with Crippen LogP contribution in [0.1, 0.15) is 13.3 Å². The molecule has 16 heavy (non-hydrogen) atoms. The van der Waals surface area contributed by atoms with Gasteiger partial charge in [0.05, 0.1) is 5.60 Å². The van der Waals surface area contributed by atoms with E-state index in [0.717, 1.165) is 4.31 Å². The molecule has 0 unspecified atom stereocenters. The minimum atomic E-state index is -4.58. The van der Waals surface area contributed by atoms with Crippen molar-refractivity contribution < 1.29 is 26.7 Å². The number of halogens is 3. The largest absolute Gasteiger partial charge is 0.402 e. The van der Waals surface area contributed by atoms with E-state index >= 15 is 0 Å². The summed E-state index contributed by atoms with van der Waals surface area (Å²) in [5.74, 6) is 0. The molecule has 96 valence electrons. The second-order valence-corrected chi connectivity index (χ2v) is 5.54. The van der Waals surface area contributed by atoms with Gasteiger partial charge in [-0.15, -0.1) is 0 Å². The molecule has 0 bridgehead atoms. The fourth-order valence-corrected chi connectivity index (χ4v) is 2.62. The topological polar surface area (TPSA) is 69.6 Å². The van der Waals surface area contributed by atoms with Crippen molar-refractivity contribution in [3.63, 3.8) is 0 Å². The Morgan fingerprint density at radius 3 is 2.31 bits per heavy atom. The zero-order valence-corrected chi connectivity index (χ0v) is 9.40. The Bertz CT molecular complexity index is 348. The van der Waals surface area contributed by atoms with Crippen LogP contribution in [0.5, 0.6) is 0 Å². The van der Waals surface area contributed by atoms with Crippen LogP contribution < -0.4 is 4.72 Å². The van der Waals surface area contributed by atoms with Gasteiger partial charge in [0.15, 0.2) is 0 Å². The molecule has 0 spiro atoms. The van der Waals surface area contributed by atoms with E-state index in [9.17, 15) is 26.7 Å². The standard InChI is InChI=1S/C7H13F3N2O3S/c1-2-6(13)4-12(5-6)16(14,15)11-3-7(8,9)10/h11,13H,2-5H2,1H3. The average molecular weight is 262 g/mol. The van der Waals surface area contributed by atoms with Crippen molar-refractivity contribution in [3.8, 4) is 0 Å². The lowest BCUT2D eigenvalue weighted by atomic mass is 9.94. The molecule has 0 atom stereocenters. The summed E-state index contributed by atoms with van der Waals surface area (Å²) >= 11 is 0. The number of hydrogen-bond donors (Lipinski definition) is 2. The summed E-state index contributed by atoms with van der Waals surface area (Å²) in [6.45, 7) is -0.267. The number of β-amino-alcohol motifs (C(OH)–C–C–N with tert-alkyl or cyclic N) is 1. The molecule has 1 fully saturated rings. The van der Waals surface area contributed by atoms with Crippen molar-refractivity contribution in [2.24, 2.45) is 0 Å². The van der Waals surface area contributed by atoms with Crippen molar-refractivity contribution in [2.75, 3.05) is 19.6 Å². The summed E-state index contributed by atoms with van der Waals surface area (Å²) in [7, 11) is -4.13. The number of nitrogens with one attached hydrogen (secondary N) is 1. The Morgan fingerprint density at radius 1 is 1.44 bits per heavy atom. The zero-order chi connectivity index (χ0) is 12.6. The molecule has 1 rings (SSSR count). The smallest absolute Gasteiger partial charge is 0.387 e. The normalized spacial score (nSPS) is 21.8. The number of nitrogens with zero attached hydrogens (tertiary/aromatic N) is 1. The molecule has 2 N–H and O–H groups in total. The summed E-state index contributed by atoms with van der Waals surface area (Å²) in [4.78, 5) is 0. The lowest BCUT2D eigenvalue weighted by Gasteiger charge is -2.44. The number of rotatable bonds is 4. The van der Waals surface area contributed by atoms with Gasteiger partial charge >= 0.3 is 6.18 Å². The number of hydrogen-bond acceptors (Lipinski definition) is 3. The van der Waals surface area contributed by atoms with Crippen LogP contribution in [0, 0.1) is 0 Å². The first kappa shape index (κ1) is 13.7. The summed E-state index contributed by atoms with van der Waals surface area (Å²) in [5, 5.41) is 9.52. The SMILES string of the molecule is CCC1(O)CN(S(=O)(=O)NCC(F)(F)F)C1. The van der Waals surface area contributed by atoms with Gasteiger partial charge in [0.25, 0.3) is 10.2 Å². The second-order valence-electron chi connectivity index (χ2n) is 3.79. The van der Waals surface area contributed by atoms with E-state index in [1.807, 2.05) is 0 Å². The highest BCUT2D eigenvalue weighted by Crippen LogP contribution is 2.26. The van der Waals surface area contributed by atoms with Crippen molar-refractivity contribution >= 4 is 10.2 Å². The maximum atomic E-state index is 11.8. The second kappa shape index (κ2) is 4.13. The van der Waals surface area contributed by atoms with Crippen LogP contribution >= 0.6 is 0 Å². The molecule has 0 aromatic heterocycles. The van der Waals surface area contributed by atoms with Crippen molar-refractivity contribution in [3.05, 3.63) is 0 Å². The third-order valence-electron chi connectivity index (χ3n) is 2.39. The maximum absolute atomic E-state index is 11.8. The Kier molecular flexibility index (Phi) is 3.53. The molecule has 1 saturated heterocycles. The van der Waals surface area contributed by atoms with E-state index < -0.39 is 28.5 Å². The van der Waals surface area contributed by atoms with Gasteiger partial charge in [-0.05, 0) is 6.42 Å². The fourth-order valence-electron chi connectivity index (χ4n) is 1.27. The van der Waals surface area contributed by atoms with Crippen molar-refractivity contribution in [1.82, 2.24) is 9.03 Å². The van der Waals surface area contributed by atoms with Gasteiger partial charge in [-0.2, -0.15) is 30.6 Å². The van der Waals surface area contributed by atoms with E-state index in [0.29, 0.717) is 6.42 Å². The summed E-state index contributed by atoms with van der Waals surface area (Å²) in [6.07, 6.45) is -4.22. The Morgan fingerprint density at radius 2 is 1.94 bits per heavy atom. The predicted octanol–water partition coefficient (Wildman–Crippen LogP) is -0.160. The maximum Gasteiger partial charge on any atom is 0.402 e. The van der Waals surface area contributed by atoms with Crippen molar-refractivity contribution in [2.45, 2.75) is 25.1 Å². The van der Waals surface area contributed by atoms with Crippen LogP contribution in [0.2, 0.25) is 0 Å². The van der Waals surface area contributed by atoms with Crippen molar-refractivity contribution in [1.29, 1.82) is 0 Å². The average Bonchev–Trinajstić information content (AvgIpc) is 2.09.